The summed E-state index contributed by atoms with van der Waals surface area (Å²) in [5.74, 6) is 0.459. The van der Waals surface area contributed by atoms with Crippen molar-refractivity contribution in [1.29, 1.82) is 0 Å². The molecule has 1 aliphatic heterocycles. The number of nitrogens with zero attached hydrogens (tertiary/aromatic N) is 1. The van der Waals surface area contributed by atoms with Crippen molar-refractivity contribution in [2.75, 3.05) is 33.7 Å². The molecule has 0 radical (unpaired) electrons. The van der Waals surface area contributed by atoms with Crippen LogP contribution in [0.4, 0.5) is 0 Å². The predicted molar refractivity (Wildman–Crippen MR) is 89.4 cm³/mol. The fourth-order valence-corrected chi connectivity index (χ4v) is 3.26. The van der Waals surface area contributed by atoms with Crippen molar-refractivity contribution in [2.24, 2.45) is 5.92 Å². The van der Waals surface area contributed by atoms with Gasteiger partial charge in [-0.2, -0.15) is 0 Å². The number of amides is 1. The van der Waals surface area contributed by atoms with Crippen LogP contribution in [0.3, 0.4) is 0 Å². The predicted octanol–water partition coefficient (Wildman–Crippen LogP) is 1.07. The first-order valence-electron chi connectivity index (χ1n) is 7.45. The number of furan rings is 1. The Bertz CT molecular complexity index is 609. The van der Waals surface area contributed by atoms with Gasteiger partial charge in [0, 0.05) is 13.1 Å². The largest absolute Gasteiger partial charge is 0.438 e. The third kappa shape index (κ3) is 4.94. The molecule has 2 N–H and O–H groups in total. The molecule has 1 aliphatic rings. The van der Waals surface area contributed by atoms with Gasteiger partial charge in [-0.25, -0.2) is 13.1 Å². The number of carbonyl (C=O) groups excluding carboxylic acids is 1. The highest BCUT2D eigenvalue weighted by molar-refractivity contribution is 7.89. The summed E-state index contributed by atoms with van der Waals surface area (Å²) in [6, 6.07) is 2.72. The van der Waals surface area contributed by atoms with E-state index in [0.29, 0.717) is 19.0 Å². The van der Waals surface area contributed by atoms with Gasteiger partial charge < -0.3 is 14.6 Å². The fraction of sp³-hybridized carbons (Fsp3) is 0.643. The second-order valence-corrected chi connectivity index (χ2v) is 7.27. The standard InChI is InChI=1S/C14H23N3O4S.ClH/c1-15-8-5-11-6-9-17(10-7-11)14(18)12-3-4-13(21-12)22(19,20)16-2;/h3-4,11,15-16H,5-10H2,1-2H3;1H. The Balaban J connectivity index is 0.00000264. The summed E-state index contributed by atoms with van der Waals surface area (Å²) in [6.45, 7) is 2.35. The monoisotopic (exact) mass is 365 g/mol. The van der Waals surface area contributed by atoms with Gasteiger partial charge in [-0.15, -0.1) is 12.4 Å². The summed E-state index contributed by atoms with van der Waals surface area (Å²) in [5.41, 5.74) is 0. The normalized spacial score (nSPS) is 16.2. The van der Waals surface area contributed by atoms with Crippen LogP contribution >= 0.6 is 12.4 Å². The Kier molecular flexibility index (Phi) is 7.53. The zero-order chi connectivity index (χ0) is 16.2. The highest BCUT2D eigenvalue weighted by Gasteiger charge is 2.26. The molecule has 0 atom stereocenters. The fourth-order valence-electron chi connectivity index (χ4n) is 2.61. The van der Waals surface area contributed by atoms with Crippen molar-refractivity contribution < 1.29 is 17.6 Å². The summed E-state index contributed by atoms with van der Waals surface area (Å²) in [4.78, 5) is 14.1. The lowest BCUT2D eigenvalue weighted by Gasteiger charge is -2.31. The van der Waals surface area contributed by atoms with E-state index in [1.54, 1.807) is 4.90 Å². The van der Waals surface area contributed by atoms with Crippen molar-refractivity contribution in [2.45, 2.75) is 24.4 Å². The first-order valence-corrected chi connectivity index (χ1v) is 8.93. The van der Waals surface area contributed by atoms with Crippen molar-refractivity contribution in [3.05, 3.63) is 17.9 Å². The lowest BCUT2D eigenvalue weighted by Crippen LogP contribution is -2.38. The van der Waals surface area contributed by atoms with Gasteiger partial charge in [-0.05, 0) is 58.0 Å². The van der Waals surface area contributed by atoms with Crippen LogP contribution in [0.25, 0.3) is 0 Å². The molecular weight excluding hydrogens is 342 g/mol. The number of sulfonamides is 1. The first kappa shape index (κ1) is 20.0. The van der Waals surface area contributed by atoms with Crippen LogP contribution in [0, 0.1) is 5.92 Å². The number of carbonyl (C=O) groups is 1. The molecule has 1 fully saturated rings. The van der Waals surface area contributed by atoms with E-state index >= 15 is 0 Å². The van der Waals surface area contributed by atoms with Crippen molar-refractivity contribution in [1.82, 2.24) is 14.9 Å². The number of halogens is 1. The van der Waals surface area contributed by atoms with E-state index in [0.717, 1.165) is 25.8 Å². The van der Waals surface area contributed by atoms with E-state index in [4.69, 9.17) is 4.42 Å². The molecule has 1 aromatic rings. The molecule has 0 aromatic carbocycles. The number of hydrogen-bond acceptors (Lipinski definition) is 5. The second kappa shape index (κ2) is 8.68. The summed E-state index contributed by atoms with van der Waals surface area (Å²) >= 11 is 0. The van der Waals surface area contributed by atoms with Crippen LogP contribution in [-0.2, 0) is 10.0 Å². The molecule has 132 valence electrons. The molecule has 9 heteroatoms. The lowest BCUT2D eigenvalue weighted by molar-refractivity contribution is 0.0649. The Hall–Kier alpha value is -1.09. The van der Waals surface area contributed by atoms with E-state index in [1.807, 2.05) is 7.05 Å². The average Bonchev–Trinajstić information content (AvgIpc) is 3.03. The van der Waals surface area contributed by atoms with Gasteiger partial charge in [0.15, 0.2) is 5.76 Å². The van der Waals surface area contributed by atoms with Crippen LogP contribution < -0.4 is 10.0 Å². The second-order valence-electron chi connectivity index (χ2n) is 5.45. The Morgan fingerprint density at radius 2 is 1.96 bits per heavy atom. The highest BCUT2D eigenvalue weighted by Crippen LogP contribution is 2.22. The maximum atomic E-state index is 12.4. The molecule has 0 unspecified atom stereocenters. The average molecular weight is 366 g/mol. The topological polar surface area (TPSA) is 91.7 Å². The molecule has 2 rings (SSSR count). The molecule has 1 saturated heterocycles. The van der Waals surface area contributed by atoms with Gasteiger partial charge in [-0.3, -0.25) is 4.79 Å². The van der Waals surface area contributed by atoms with Crippen molar-refractivity contribution in [3.63, 3.8) is 0 Å². The minimum Gasteiger partial charge on any atom is -0.438 e. The van der Waals surface area contributed by atoms with E-state index < -0.39 is 10.0 Å². The van der Waals surface area contributed by atoms with Gasteiger partial charge in [0.2, 0.25) is 5.09 Å². The van der Waals surface area contributed by atoms with Crippen LogP contribution in [0.5, 0.6) is 0 Å². The van der Waals surface area contributed by atoms with E-state index in [1.165, 1.54) is 19.2 Å². The Labute approximate surface area is 143 Å². The number of hydrogen-bond donors (Lipinski definition) is 2. The summed E-state index contributed by atoms with van der Waals surface area (Å²) in [7, 11) is -0.417. The number of nitrogens with one attached hydrogen (secondary N) is 2. The van der Waals surface area contributed by atoms with Crippen molar-refractivity contribution >= 4 is 28.3 Å². The summed E-state index contributed by atoms with van der Waals surface area (Å²) < 4.78 is 30.6. The third-order valence-corrected chi connectivity index (χ3v) is 5.32. The Morgan fingerprint density at radius 3 is 2.52 bits per heavy atom. The smallest absolute Gasteiger partial charge is 0.289 e. The van der Waals surface area contributed by atoms with Crippen LogP contribution in [0.15, 0.2) is 21.6 Å². The minimum absolute atomic E-state index is 0. The van der Waals surface area contributed by atoms with Crippen LogP contribution in [0.1, 0.15) is 29.8 Å². The Morgan fingerprint density at radius 1 is 1.30 bits per heavy atom. The third-order valence-electron chi connectivity index (χ3n) is 4.03. The molecule has 23 heavy (non-hydrogen) atoms. The van der Waals surface area contributed by atoms with Crippen LogP contribution in [-0.4, -0.2) is 53.0 Å². The summed E-state index contributed by atoms with van der Waals surface area (Å²) in [6.07, 6.45) is 3.05. The van der Waals surface area contributed by atoms with E-state index in [2.05, 4.69) is 10.0 Å². The molecular formula is C14H24ClN3O4S. The minimum atomic E-state index is -3.66. The zero-order valence-electron chi connectivity index (χ0n) is 13.4. The highest BCUT2D eigenvalue weighted by atomic mass is 35.5. The molecule has 2 heterocycles. The SMILES string of the molecule is CNCCC1CCN(C(=O)c2ccc(S(=O)(=O)NC)o2)CC1.Cl. The number of piperidine rings is 1. The molecule has 1 aromatic heterocycles. The van der Waals surface area contributed by atoms with Crippen LogP contribution in [0.2, 0.25) is 0 Å². The van der Waals surface area contributed by atoms with Crippen molar-refractivity contribution in [3.8, 4) is 0 Å². The molecule has 0 aliphatic carbocycles. The molecule has 1 amide bonds. The quantitative estimate of drug-likeness (QED) is 0.786. The number of likely N-dealkylation sites (tertiary alicyclic amines) is 1. The molecule has 0 bridgehead atoms. The van der Waals surface area contributed by atoms with Gasteiger partial charge >= 0.3 is 0 Å². The van der Waals surface area contributed by atoms with Gasteiger partial charge in [0.25, 0.3) is 15.9 Å². The molecule has 7 nitrogen and oxygen atoms in total. The van der Waals surface area contributed by atoms with Gasteiger partial charge in [0.1, 0.15) is 0 Å². The van der Waals surface area contributed by atoms with E-state index in [9.17, 15) is 13.2 Å². The van der Waals surface area contributed by atoms with Gasteiger partial charge in [0.05, 0.1) is 0 Å². The lowest BCUT2D eigenvalue weighted by atomic mass is 9.93. The maximum Gasteiger partial charge on any atom is 0.289 e. The van der Waals surface area contributed by atoms with E-state index in [-0.39, 0.29) is 29.2 Å². The summed E-state index contributed by atoms with van der Waals surface area (Å²) in [5, 5.41) is 2.90. The molecule has 0 spiro atoms. The number of rotatable bonds is 6. The maximum absolute atomic E-state index is 12.4. The first-order chi connectivity index (χ1) is 10.5. The zero-order valence-corrected chi connectivity index (χ0v) is 15.0. The van der Waals surface area contributed by atoms with Gasteiger partial charge in [-0.1, -0.05) is 0 Å². The molecule has 0 saturated carbocycles.